The molecule has 0 saturated carbocycles. The van der Waals surface area contributed by atoms with E-state index in [1.807, 2.05) is 12.1 Å². The van der Waals surface area contributed by atoms with Crippen LogP contribution in [0.25, 0.3) is 6.08 Å². The maximum Gasteiger partial charge on any atom is 0.0363 e. The van der Waals surface area contributed by atoms with Gasteiger partial charge in [-0.2, -0.15) is 0 Å². The summed E-state index contributed by atoms with van der Waals surface area (Å²) in [4.78, 5) is 2.28. The van der Waals surface area contributed by atoms with Crippen LogP contribution >= 0.6 is 0 Å². The number of hydrogen-bond donors (Lipinski definition) is 0. The summed E-state index contributed by atoms with van der Waals surface area (Å²) in [6.07, 6.45) is 2.93. The van der Waals surface area contributed by atoms with Gasteiger partial charge in [-0.3, -0.25) is 0 Å². The van der Waals surface area contributed by atoms with Crippen LogP contribution in [0.1, 0.15) is 11.1 Å². The Bertz CT molecular complexity index is 485. The minimum absolute atomic E-state index is 1.03. The lowest BCUT2D eigenvalue weighted by atomic mass is 10.1. The molecule has 0 aliphatic heterocycles. The van der Waals surface area contributed by atoms with Crippen molar-refractivity contribution in [3.05, 3.63) is 72.3 Å². The van der Waals surface area contributed by atoms with Gasteiger partial charge in [0, 0.05) is 19.3 Å². The van der Waals surface area contributed by atoms with E-state index in [1.165, 1.54) is 16.8 Å². The van der Waals surface area contributed by atoms with Gasteiger partial charge in [-0.15, -0.1) is 0 Å². The third kappa shape index (κ3) is 3.24. The van der Waals surface area contributed by atoms with Crippen molar-refractivity contribution in [1.82, 2.24) is 0 Å². The lowest BCUT2D eigenvalue weighted by Gasteiger charge is -2.19. The number of para-hydroxylation sites is 1. The Morgan fingerprint density at radius 2 is 1.67 bits per heavy atom. The molecule has 0 unspecified atom stereocenters. The van der Waals surface area contributed by atoms with Gasteiger partial charge in [0.25, 0.3) is 0 Å². The van der Waals surface area contributed by atoms with Crippen LogP contribution in [0, 0.1) is 0 Å². The summed E-state index contributed by atoms with van der Waals surface area (Å²) < 4.78 is 0. The highest BCUT2D eigenvalue weighted by Crippen LogP contribution is 2.12. The van der Waals surface area contributed by atoms with E-state index >= 15 is 0 Å². The van der Waals surface area contributed by atoms with Gasteiger partial charge in [0.05, 0.1) is 0 Å². The third-order valence-corrected chi connectivity index (χ3v) is 3.15. The third-order valence-electron chi connectivity index (χ3n) is 3.15. The molecule has 0 aliphatic rings. The van der Waals surface area contributed by atoms with Crippen LogP contribution in [0.2, 0.25) is 0 Å². The monoisotopic (exact) mass is 237 g/mol. The number of anilines is 1. The van der Waals surface area contributed by atoms with Crippen LogP contribution in [0.3, 0.4) is 0 Å². The second kappa shape index (κ2) is 6.06. The van der Waals surface area contributed by atoms with Crippen LogP contribution in [-0.4, -0.2) is 13.6 Å². The number of likely N-dealkylation sites (N-methyl/N-ethyl adjacent to an activating group) is 1. The van der Waals surface area contributed by atoms with Gasteiger partial charge in [-0.25, -0.2) is 0 Å². The van der Waals surface area contributed by atoms with Crippen molar-refractivity contribution in [2.45, 2.75) is 6.42 Å². The van der Waals surface area contributed by atoms with Crippen LogP contribution < -0.4 is 4.90 Å². The summed E-state index contributed by atoms with van der Waals surface area (Å²) in [5.41, 5.74) is 3.80. The number of hydrogen-bond acceptors (Lipinski definition) is 1. The molecule has 1 nitrogen and oxygen atoms in total. The molecule has 0 saturated heterocycles. The van der Waals surface area contributed by atoms with Crippen LogP contribution in [-0.2, 0) is 6.42 Å². The van der Waals surface area contributed by atoms with Gasteiger partial charge in [0.2, 0.25) is 0 Å². The quantitative estimate of drug-likeness (QED) is 0.759. The van der Waals surface area contributed by atoms with Crippen LogP contribution in [0.4, 0.5) is 5.69 Å². The average Bonchev–Trinajstić information content (AvgIpc) is 2.46. The first kappa shape index (κ1) is 12.4. The molecule has 0 radical (unpaired) electrons. The van der Waals surface area contributed by atoms with E-state index in [1.54, 1.807) is 0 Å². The molecule has 0 heterocycles. The Morgan fingerprint density at radius 1 is 1.00 bits per heavy atom. The molecule has 2 aromatic rings. The van der Waals surface area contributed by atoms with E-state index in [0.29, 0.717) is 0 Å². The zero-order chi connectivity index (χ0) is 12.8. The molecule has 2 aromatic carbocycles. The molecule has 92 valence electrons. The minimum atomic E-state index is 1.03. The van der Waals surface area contributed by atoms with Crippen LogP contribution in [0.15, 0.2) is 61.2 Å². The van der Waals surface area contributed by atoms with Crippen molar-refractivity contribution < 1.29 is 0 Å². The second-order valence-corrected chi connectivity index (χ2v) is 4.45. The van der Waals surface area contributed by atoms with Gasteiger partial charge in [-0.05, 0) is 29.7 Å². The summed E-state index contributed by atoms with van der Waals surface area (Å²) >= 11 is 0. The Balaban J connectivity index is 1.93. The van der Waals surface area contributed by atoms with Crippen molar-refractivity contribution in [1.29, 1.82) is 0 Å². The van der Waals surface area contributed by atoms with Gasteiger partial charge in [0.15, 0.2) is 0 Å². The highest BCUT2D eigenvalue weighted by Gasteiger charge is 2.00. The van der Waals surface area contributed by atoms with E-state index in [0.717, 1.165) is 13.0 Å². The summed E-state index contributed by atoms with van der Waals surface area (Å²) in [7, 11) is 2.13. The fourth-order valence-corrected chi connectivity index (χ4v) is 1.93. The lowest BCUT2D eigenvalue weighted by molar-refractivity contribution is 0.877. The molecule has 1 heteroatoms. The van der Waals surface area contributed by atoms with Crippen molar-refractivity contribution in [3.8, 4) is 0 Å². The smallest absolute Gasteiger partial charge is 0.0363 e. The molecule has 18 heavy (non-hydrogen) atoms. The van der Waals surface area contributed by atoms with Crippen LogP contribution in [0.5, 0.6) is 0 Å². The van der Waals surface area contributed by atoms with Crippen molar-refractivity contribution in [2.24, 2.45) is 0 Å². The molecule has 0 fully saturated rings. The Hall–Kier alpha value is -2.02. The van der Waals surface area contributed by atoms with Gasteiger partial charge >= 0.3 is 0 Å². The molecule has 0 spiro atoms. The minimum Gasteiger partial charge on any atom is -0.374 e. The molecule has 0 aliphatic carbocycles. The van der Waals surface area contributed by atoms with E-state index in [2.05, 4.69) is 67.1 Å². The molecule has 2 rings (SSSR count). The second-order valence-electron chi connectivity index (χ2n) is 4.45. The van der Waals surface area contributed by atoms with Gasteiger partial charge in [0.1, 0.15) is 0 Å². The SMILES string of the molecule is C=Cc1ccc(CCN(C)c2ccccc2)cc1. The van der Waals surface area contributed by atoms with E-state index in [-0.39, 0.29) is 0 Å². The summed E-state index contributed by atoms with van der Waals surface area (Å²) in [5.74, 6) is 0. The molecule has 0 amide bonds. The van der Waals surface area contributed by atoms with Crippen molar-refractivity contribution >= 4 is 11.8 Å². The maximum atomic E-state index is 3.77. The van der Waals surface area contributed by atoms with Gasteiger partial charge in [-0.1, -0.05) is 55.1 Å². The predicted octanol–water partition coefficient (Wildman–Crippen LogP) is 4.01. The fourth-order valence-electron chi connectivity index (χ4n) is 1.93. The summed E-state index contributed by atoms with van der Waals surface area (Å²) in [6.45, 7) is 4.79. The highest BCUT2D eigenvalue weighted by molar-refractivity contribution is 5.48. The first-order valence-corrected chi connectivity index (χ1v) is 6.27. The van der Waals surface area contributed by atoms with Gasteiger partial charge < -0.3 is 4.90 Å². The first-order chi connectivity index (χ1) is 8.79. The Morgan fingerprint density at radius 3 is 2.28 bits per heavy atom. The largest absolute Gasteiger partial charge is 0.374 e. The molecular weight excluding hydrogens is 218 g/mol. The van der Waals surface area contributed by atoms with E-state index in [9.17, 15) is 0 Å². The maximum absolute atomic E-state index is 3.77. The fraction of sp³-hybridized carbons (Fsp3) is 0.176. The lowest BCUT2D eigenvalue weighted by Crippen LogP contribution is -2.20. The standard InChI is InChI=1S/C17H19N/c1-3-15-9-11-16(12-10-15)13-14-18(2)17-7-5-4-6-8-17/h3-12H,1,13-14H2,2H3. The molecular formula is C17H19N. The molecule has 0 atom stereocenters. The predicted molar refractivity (Wildman–Crippen MR) is 79.9 cm³/mol. The normalized spacial score (nSPS) is 10.1. The number of rotatable bonds is 5. The summed E-state index contributed by atoms with van der Waals surface area (Å²) in [5, 5.41) is 0. The molecule has 0 N–H and O–H groups in total. The summed E-state index contributed by atoms with van der Waals surface area (Å²) in [6, 6.07) is 19.1. The molecule has 0 aromatic heterocycles. The zero-order valence-corrected chi connectivity index (χ0v) is 10.8. The number of benzene rings is 2. The van der Waals surface area contributed by atoms with E-state index in [4.69, 9.17) is 0 Å². The Kier molecular flexibility index (Phi) is 4.19. The Labute approximate surface area is 109 Å². The topological polar surface area (TPSA) is 3.24 Å². The molecule has 0 bridgehead atoms. The first-order valence-electron chi connectivity index (χ1n) is 6.27. The van der Waals surface area contributed by atoms with Crippen molar-refractivity contribution in [3.63, 3.8) is 0 Å². The number of nitrogens with zero attached hydrogens (tertiary/aromatic N) is 1. The van der Waals surface area contributed by atoms with E-state index < -0.39 is 0 Å². The average molecular weight is 237 g/mol. The highest BCUT2D eigenvalue weighted by atomic mass is 15.1. The zero-order valence-electron chi connectivity index (χ0n) is 10.8. The van der Waals surface area contributed by atoms with Crippen molar-refractivity contribution in [2.75, 3.05) is 18.5 Å².